The van der Waals surface area contributed by atoms with Gasteiger partial charge in [0.25, 0.3) is 0 Å². The predicted molar refractivity (Wildman–Crippen MR) is 87.4 cm³/mol. The number of carbonyl (C=O) groups is 1. The third kappa shape index (κ3) is 4.72. The van der Waals surface area contributed by atoms with Crippen molar-refractivity contribution >= 4 is 33.2 Å². The maximum atomic E-state index is 12.9. The first-order valence-corrected chi connectivity index (χ1v) is 7.53. The van der Waals surface area contributed by atoms with Gasteiger partial charge in [-0.25, -0.2) is 0 Å². The Hall–Kier alpha value is -2.02. The summed E-state index contributed by atoms with van der Waals surface area (Å²) in [6.07, 6.45) is -4.47. The van der Waals surface area contributed by atoms with Crippen LogP contribution in [0.2, 0.25) is 0 Å². The highest BCUT2D eigenvalue weighted by molar-refractivity contribution is 9.10. The number of anilines is 2. The quantitative estimate of drug-likeness (QED) is 0.790. The Labute approximate surface area is 140 Å². The molecule has 0 atom stereocenters. The van der Waals surface area contributed by atoms with E-state index in [9.17, 15) is 18.0 Å². The molecule has 0 fully saturated rings. The Morgan fingerprint density at radius 2 is 1.83 bits per heavy atom. The van der Waals surface area contributed by atoms with Crippen LogP contribution in [-0.4, -0.2) is 12.5 Å². The minimum Gasteiger partial charge on any atom is -0.376 e. The summed E-state index contributed by atoms with van der Waals surface area (Å²) in [6, 6.07) is 10.4. The number of benzene rings is 2. The zero-order valence-electron chi connectivity index (χ0n) is 12.2. The van der Waals surface area contributed by atoms with Crippen LogP contribution >= 0.6 is 15.9 Å². The number of halogens is 4. The molecule has 0 unspecified atom stereocenters. The summed E-state index contributed by atoms with van der Waals surface area (Å²) in [5.74, 6) is -0.424. The Bertz CT molecular complexity index is 717. The number of rotatable bonds is 4. The van der Waals surface area contributed by atoms with Gasteiger partial charge < -0.3 is 10.6 Å². The Kier molecular flexibility index (Phi) is 5.30. The van der Waals surface area contributed by atoms with Crippen molar-refractivity contribution in [1.82, 2.24) is 0 Å². The number of para-hydroxylation sites is 1. The molecule has 0 heterocycles. The van der Waals surface area contributed by atoms with Crippen LogP contribution < -0.4 is 10.6 Å². The second-order valence-electron chi connectivity index (χ2n) is 4.90. The van der Waals surface area contributed by atoms with Gasteiger partial charge in [-0.3, -0.25) is 4.79 Å². The first-order valence-electron chi connectivity index (χ1n) is 6.73. The average Bonchev–Trinajstić information content (AvgIpc) is 2.47. The van der Waals surface area contributed by atoms with Crippen molar-refractivity contribution in [2.75, 3.05) is 17.2 Å². The van der Waals surface area contributed by atoms with Crippen LogP contribution in [0.4, 0.5) is 24.5 Å². The molecule has 0 aliphatic heterocycles. The molecule has 3 nitrogen and oxygen atoms in total. The number of nitrogens with one attached hydrogen (secondary N) is 2. The molecule has 122 valence electrons. The van der Waals surface area contributed by atoms with Crippen LogP contribution in [0.1, 0.15) is 11.1 Å². The lowest BCUT2D eigenvalue weighted by molar-refractivity contribution is -0.137. The Morgan fingerprint density at radius 1 is 1.13 bits per heavy atom. The molecule has 0 saturated carbocycles. The van der Waals surface area contributed by atoms with Crippen molar-refractivity contribution in [1.29, 1.82) is 0 Å². The topological polar surface area (TPSA) is 41.1 Å². The van der Waals surface area contributed by atoms with Gasteiger partial charge in [-0.05, 0) is 42.8 Å². The standard InChI is InChI=1S/C16H14BrF3N2O/c1-10-8-11(17)6-7-13(10)22-15(23)9-21-14-5-3-2-4-12(14)16(18,19)20/h2-8,21H,9H2,1H3,(H,22,23). The lowest BCUT2D eigenvalue weighted by atomic mass is 10.1. The predicted octanol–water partition coefficient (Wildman–Crippen LogP) is 4.83. The van der Waals surface area contributed by atoms with Gasteiger partial charge in [0.2, 0.25) is 5.91 Å². The zero-order valence-corrected chi connectivity index (χ0v) is 13.8. The van der Waals surface area contributed by atoms with E-state index in [0.717, 1.165) is 16.1 Å². The van der Waals surface area contributed by atoms with E-state index in [1.54, 1.807) is 12.1 Å². The summed E-state index contributed by atoms with van der Waals surface area (Å²) >= 11 is 3.32. The van der Waals surface area contributed by atoms with Gasteiger partial charge in [-0.15, -0.1) is 0 Å². The normalized spacial score (nSPS) is 11.2. The van der Waals surface area contributed by atoms with Crippen molar-refractivity contribution in [3.05, 3.63) is 58.1 Å². The second kappa shape index (κ2) is 7.04. The van der Waals surface area contributed by atoms with Crippen LogP contribution in [0.3, 0.4) is 0 Å². The zero-order chi connectivity index (χ0) is 17.0. The van der Waals surface area contributed by atoms with Gasteiger partial charge in [0.05, 0.1) is 12.1 Å². The third-order valence-electron chi connectivity index (χ3n) is 3.13. The maximum Gasteiger partial charge on any atom is 0.418 e. The highest BCUT2D eigenvalue weighted by Gasteiger charge is 2.33. The third-order valence-corrected chi connectivity index (χ3v) is 3.63. The van der Waals surface area contributed by atoms with E-state index in [2.05, 4.69) is 26.6 Å². The molecule has 2 N–H and O–H groups in total. The summed E-state index contributed by atoms with van der Waals surface area (Å²) in [4.78, 5) is 11.9. The van der Waals surface area contributed by atoms with Crippen molar-refractivity contribution < 1.29 is 18.0 Å². The number of amides is 1. The van der Waals surface area contributed by atoms with E-state index in [4.69, 9.17) is 0 Å². The van der Waals surface area contributed by atoms with Crippen LogP contribution in [0, 0.1) is 6.92 Å². The summed E-state index contributed by atoms with van der Waals surface area (Å²) in [5.41, 5.74) is 0.544. The van der Waals surface area contributed by atoms with Gasteiger partial charge in [0, 0.05) is 15.8 Å². The lowest BCUT2D eigenvalue weighted by Gasteiger charge is -2.14. The number of alkyl halides is 3. The van der Waals surface area contributed by atoms with E-state index in [0.29, 0.717) is 5.69 Å². The Balaban J connectivity index is 2.03. The fourth-order valence-corrected chi connectivity index (χ4v) is 2.50. The maximum absolute atomic E-state index is 12.9. The van der Waals surface area contributed by atoms with Crippen LogP contribution in [0.25, 0.3) is 0 Å². The molecule has 2 aromatic carbocycles. The summed E-state index contributed by atoms with van der Waals surface area (Å²) < 4.78 is 39.5. The Morgan fingerprint density at radius 3 is 2.48 bits per heavy atom. The monoisotopic (exact) mass is 386 g/mol. The number of hydrogen-bond acceptors (Lipinski definition) is 2. The molecule has 1 amide bonds. The fourth-order valence-electron chi connectivity index (χ4n) is 2.02. The van der Waals surface area contributed by atoms with Gasteiger partial charge in [0.1, 0.15) is 0 Å². The molecule has 2 rings (SSSR count). The lowest BCUT2D eigenvalue weighted by Crippen LogP contribution is -2.23. The molecular formula is C16H14BrF3N2O. The van der Waals surface area contributed by atoms with Crippen LogP contribution in [0.5, 0.6) is 0 Å². The van der Waals surface area contributed by atoms with Crippen LogP contribution in [-0.2, 0) is 11.0 Å². The summed E-state index contributed by atoms with van der Waals surface area (Å²) in [5, 5.41) is 5.19. The molecule has 0 bridgehead atoms. The molecular weight excluding hydrogens is 373 g/mol. The van der Waals surface area contributed by atoms with Gasteiger partial charge >= 0.3 is 6.18 Å². The molecule has 2 aromatic rings. The highest BCUT2D eigenvalue weighted by atomic mass is 79.9. The number of hydrogen-bond donors (Lipinski definition) is 2. The molecule has 0 spiro atoms. The van der Waals surface area contributed by atoms with E-state index in [1.807, 2.05) is 13.0 Å². The van der Waals surface area contributed by atoms with E-state index < -0.39 is 17.6 Å². The van der Waals surface area contributed by atoms with E-state index in [1.165, 1.54) is 18.2 Å². The largest absolute Gasteiger partial charge is 0.418 e. The number of aryl methyl sites for hydroxylation is 1. The molecule has 0 saturated heterocycles. The minimum atomic E-state index is -4.47. The van der Waals surface area contributed by atoms with E-state index in [-0.39, 0.29) is 12.2 Å². The number of carbonyl (C=O) groups excluding carboxylic acids is 1. The van der Waals surface area contributed by atoms with Crippen molar-refractivity contribution in [2.24, 2.45) is 0 Å². The molecule has 0 aromatic heterocycles. The molecule has 7 heteroatoms. The van der Waals surface area contributed by atoms with E-state index >= 15 is 0 Å². The van der Waals surface area contributed by atoms with Gasteiger partial charge in [-0.2, -0.15) is 13.2 Å². The summed E-state index contributed by atoms with van der Waals surface area (Å²) in [7, 11) is 0. The molecule has 0 aliphatic carbocycles. The first kappa shape index (κ1) is 17.3. The average molecular weight is 387 g/mol. The van der Waals surface area contributed by atoms with Gasteiger partial charge in [-0.1, -0.05) is 28.1 Å². The van der Waals surface area contributed by atoms with Crippen LogP contribution in [0.15, 0.2) is 46.9 Å². The SMILES string of the molecule is Cc1cc(Br)ccc1NC(=O)CNc1ccccc1C(F)(F)F. The van der Waals surface area contributed by atoms with Crippen molar-refractivity contribution in [3.63, 3.8) is 0 Å². The molecule has 23 heavy (non-hydrogen) atoms. The second-order valence-corrected chi connectivity index (χ2v) is 5.82. The first-order chi connectivity index (χ1) is 10.8. The smallest absolute Gasteiger partial charge is 0.376 e. The van der Waals surface area contributed by atoms with Gasteiger partial charge in [0.15, 0.2) is 0 Å². The fraction of sp³-hybridized carbons (Fsp3) is 0.188. The van der Waals surface area contributed by atoms with Crippen molar-refractivity contribution in [3.8, 4) is 0 Å². The highest BCUT2D eigenvalue weighted by Crippen LogP contribution is 2.34. The molecule has 0 radical (unpaired) electrons. The summed E-state index contributed by atoms with van der Waals surface area (Å²) in [6.45, 7) is 1.56. The van der Waals surface area contributed by atoms with Crippen molar-refractivity contribution in [2.45, 2.75) is 13.1 Å². The molecule has 0 aliphatic rings. The minimum absolute atomic E-state index is 0.123.